The van der Waals surface area contributed by atoms with E-state index in [1.165, 1.54) is 12.8 Å². The minimum absolute atomic E-state index is 0.484. The van der Waals surface area contributed by atoms with Crippen molar-refractivity contribution in [2.75, 3.05) is 32.1 Å². The van der Waals surface area contributed by atoms with E-state index in [4.69, 9.17) is 0 Å². The lowest BCUT2D eigenvalue weighted by molar-refractivity contribution is 0.257. The van der Waals surface area contributed by atoms with Crippen molar-refractivity contribution in [3.05, 3.63) is 18.0 Å². The van der Waals surface area contributed by atoms with Crippen molar-refractivity contribution >= 4 is 5.95 Å². The SMILES string of the molecule is CC(C)NCc1cnc(N2CCCC(N(C)C)C2)nc1. The Hall–Kier alpha value is -1.20. The fourth-order valence-corrected chi connectivity index (χ4v) is 2.48. The second kappa shape index (κ2) is 6.99. The Balaban J connectivity index is 1.95. The summed E-state index contributed by atoms with van der Waals surface area (Å²) < 4.78 is 0. The first-order chi connectivity index (χ1) is 9.56. The van der Waals surface area contributed by atoms with Gasteiger partial charge in [-0.15, -0.1) is 0 Å². The number of anilines is 1. The standard InChI is InChI=1S/C15H27N5/c1-12(2)16-8-13-9-17-15(18-10-13)20-7-5-6-14(11-20)19(3)4/h9-10,12,14,16H,5-8,11H2,1-4H3. The molecule has 1 aliphatic heterocycles. The van der Waals surface area contributed by atoms with Gasteiger partial charge in [0.25, 0.3) is 0 Å². The van der Waals surface area contributed by atoms with E-state index < -0.39 is 0 Å². The molecule has 0 radical (unpaired) electrons. The van der Waals surface area contributed by atoms with Gasteiger partial charge >= 0.3 is 0 Å². The summed E-state index contributed by atoms with van der Waals surface area (Å²) in [6.45, 7) is 7.21. The van der Waals surface area contributed by atoms with Gasteiger partial charge in [-0.3, -0.25) is 0 Å². The second-order valence-corrected chi connectivity index (χ2v) is 6.13. The van der Waals surface area contributed by atoms with Gasteiger partial charge in [-0.2, -0.15) is 0 Å². The average molecular weight is 277 g/mol. The van der Waals surface area contributed by atoms with Gasteiger partial charge in [0, 0.05) is 49.7 Å². The Morgan fingerprint density at radius 3 is 2.65 bits per heavy atom. The first-order valence-electron chi connectivity index (χ1n) is 7.52. The smallest absolute Gasteiger partial charge is 0.225 e. The van der Waals surface area contributed by atoms with Crippen molar-refractivity contribution in [1.29, 1.82) is 0 Å². The van der Waals surface area contributed by atoms with Gasteiger partial charge in [-0.05, 0) is 26.9 Å². The van der Waals surface area contributed by atoms with Crippen molar-refractivity contribution in [3.8, 4) is 0 Å². The second-order valence-electron chi connectivity index (χ2n) is 6.13. The molecule has 0 aromatic carbocycles. The highest BCUT2D eigenvalue weighted by molar-refractivity contribution is 5.31. The molecule has 5 nitrogen and oxygen atoms in total. The van der Waals surface area contributed by atoms with Crippen molar-refractivity contribution in [3.63, 3.8) is 0 Å². The van der Waals surface area contributed by atoms with Crippen molar-refractivity contribution in [2.45, 2.75) is 45.3 Å². The number of nitrogens with one attached hydrogen (secondary N) is 1. The molecule has 0 aliphatic carbocycles. The van der Waals surface area contributed by atoms with E-state index in [-0.39, 0.29) is 0 Å². The van der Waals surface area contributed by atoms with Crippen LogP contribution < -0.4 is 10.2 Å². The zero-order valence-electron chi connectivity index (χ0n) is 13.1. The van der Waals surface area contributed by atoms with Crippen LogP contribution in [0.4, 0.5) is 5.95 Å². The molecule has 1 saturated heterocycles. The number of hydrogen-bond donors (Lipinski definition) is 1. The van der Waals surface area contributed by atoms with Gasteiger partial charge in [0.05, 0.1) is 0 Å². The van der Waals surface area contributed by atoms with E-state index in [2.05, 4.69) is 53.0 Å². The summed E-state index contributed by atoms with van der Waals surface area (Å²) in [6.07, 6.45) is 6.36. The maximum Gasteiger partial charge on any atom is 0.225 e. The van der Waals surface area contributed by atoms with E-state index in [9.17, 15) is 0 Å². The highest BCUT2D eigenvalue weighted by atomic mass is 15.3. The Bertz CT molecular complexity index is 401. The number of hydrogen-bond acceptors (Lipinski definition) is 5. The molecule has 0 spiro atoms. The first kappa shape index (κ1) is 15.2. The summed E-state index contributed by atoms with van der Waals surface area (Å²) in [5.41, 5.74) is 1.14. The minimum atomic E-state index is 0.484. The predicted molar refractivity (Wildman–Crippen MR) is 82.9 cm³/mol. The first-order valence-corrected chi connectivity index (χ1v) is 7.52. The summed E-state index contributed by atoms with van der Waals surface area (Å²) in [5.74, 6) is 0.866. The van der Waals surface area contributed by atoms with Crippen LogP contribution in [-0.4, -0.2) is 54.1 Å². The maximum atomic E-state index is 4.53. The molecule has 1 unspecified atom stereocenters. The van der Waals surface area contributed by atoms with E-state index in [0.717, 1.165) is 31.1 Å². The van der Waals surface area contributed by atoms with Crippen LogP contribution >= 0.6 is 0 Å². The Kier molecular flexibility index (Phi) is 5.31. The fourth-order valence-electron chi connectivity index (χ4n) is 2.48. The number of rotatable bonds is 5. The molecule has 1 aromatic heterocycles. The highest BCUT2D eigenvalue weighted by Gasteiger charge is 2.22. The summed E-state index contributed by atoms with van der Waals surface area (Å²) in [7, 11) is 4.30. The monoisotopic (exact) mass is 277 g/mol. The molecule has 2 rings (SSSR count). The van der Waals surface area contributed by atoms with Crippen molar-refractivity contribution in [1.82, 2.24) is 20.2 Å². The van der Waals surface area contributed by atoms with Crippen LogP contribution in [0.1, 0.15) is 32.3 Å². The predicted octanol–water partition coefficient (Wildman–Crippen LogP) is 1.50. The molecule has 0 bridgehead atoms. The third-order valence-corrected chi connectivity index (χ3v) is 3.82. The number of nitrogens with zero attached hydrogens (tertiary/aromatic N) is 4. The lowest BCUT2D eigenvalue weighted by atomic mass is 10.1. The molecular weight excluding hydrogens is 250 g/mol. The minimum Gasteiger partial charge on any atom is -0.339 e. The summed E-state index contributed by atoms with van der Waals surface area (Å²) in [6, 6.07) is 1.09. The summed E-state index contributed by atoms with van der Waals surface area (Å²) >= 11 is 0. The quantitative estimate of drug-likeness (QED) is 0.884. The lowest BCUT2D eigenvalue weighted by Crippen LogP contribution is -2.45. The van der Waals surface area contributed by atoms with E-state index in [1.807, 2.05) is 12.4 Å². The topological polar surface area (TPSA) is 44.3 Å². The zero-order valence-corrected chi connectivity index (χ0v) is 13.1. The van der Waals surface area contributed by atoms with Gasteiger partial charge in [0.15, 0.2) is 0 Å². The molecule has 20 heavy (non-hydrogen) atoms. The molecule has 2 heterocycles. The maximum absolute atomic E-state index is 4.53. The van der Waals surface area contributed by atoms with Crippen LogP contribution in [0.5, 0.6) is 0 Å². The zero-order chi connectivity index (χ0) is 14.5. The third kappa shape index (κ3) is 4.15. The lowest BCUT2D eigenvalue weighted by Gasteiger charge is -2.36. The number of aromatic nitrogens is 2. The molecule has 1 N–H and O–H groups in total. The third-order valence-electron chi connectivity index (χ3n) is 3.82. The van der Waals surface area contributed by atoms with Crippen LogP contribution in [0.15, 0.2) is 12.4 Å². The average Bonchev–Trinajstić information content (AvgIpc) is 2.46. The van der Waals surface area contributed by atoms with Gasteiger partial charge < -0.3 is 15.1 Å². The normalized spacial score (nSPS) is 19.9. The van der Waals surface area contributed by atoms with Gasteiger partial charge in [0.1, 0.15) is 0 Å². The van der Waals surface area contributed by atoms with Crippen LogP contribution in [0, 0.1) is 0 Å². The fraction of sp³-hybridized carbons (Fsp3) is 0.733. The van der Waals surface area contributed by atoms with E-state index in [0.29, 0.717) is 12.1 Å². The molecule has 1 aromatic rings. The molecule has 1 fully saturated rings. The van der Waals surface area contributed by atoms with E-state index >= 15 is 0 Å². The molecule has 5 heteroatoms. The largest absolute Gasteiger partial charge is 0.339 e. The Morgan fingerprint density at radius 2 is 2.05 bits per heavy atom. The van der Waals surface area contributed by atoms with Crippen molar-refractivity contribution in [2.24, 2.45) is 0 Å². The number of piperidine rings is 1. The molecular formula is C15H27N5. The van der Waals surface area contributed by atoms with Gasteiger partial charge in [0.2, 0.25) is 5.95 Å². The Labute approximate surface area is 122 Å². The van der Waals surface area contributed by atoms with Gasteiger partial charge in [-0.1, -0.05) is 13.8 Å². The van der Waals surface area contributed by atoms with Crippen molar-refractivity contribution < 1.29 is 0 Å². The molecule has 0 amide bonds. The Morgan fingerprint density at radius 1 is 1.35 bits per heavy atom. The molecule has 1 aliphatic rings. The summed E-state index contributed by atoms with van der Waals surface area (Å²) in [4.78, 5) is 13.7. The van der Waals surface area contributed by atoms with Gasteiger partial charge in [-0.25, -0.2) is 9.97 Å². The van der Waals surface area contributed by atoms with Crippen LogP contribution in [0.25, 0.3) is 0 Å². The van der Waals surface area contributed by atoms with Crippen LogP contribution in [-0.2, 0) is 6.54 Å². The van der Waals surface area contributed by atoms with Crippen LogP contribution in [0.3, 0.4) is 0 Å². The summed E-state index contributed by atoms with van der Waals surface area (Å²) in [5, 5.41) is 3.38. The van der Waals surface area contributed by atoms with Crippen LogP contribution in [0.2, 0.25) is 0 Å². The number of likely N-dealkylation sites (N-methyl/N-ethyl adjacent to an activating group) is 1. The van der Waals surface area contributed by atoms with E-state index in [1.54, 1.807) is 0 Å². The molecule has 1 atom stereocenters. The highest BCUT2D eigenvalue weighted by Crippen LogP contribution is 2.18. The molecule has 112 valence electrons. The molecule has 0 saturated carbocycles.